The Morgan fingerprint density at radius 2 is 1.20 bits per heavy atom. The first-order valence-electron chi connectivity index (χ1n) is 15.6. The standard InChI is InChI=1S/C35H28O20/c36-10-23-27(47)30(53-33(49)12-4-18(41)25(45)19(42)5-12)32(54-34(50)13-6-20(43)26(46)21(44)7-13)35(52-23)55-31-28(48)24-17(40)8-14(37)9-22(24)51-29(31)11-1-2-15(38)16(39)3-11/h1-9,23,27,30,32,35-47H,10H2. The molecule has 1 aromatic heterocycles. The number of hydrogen-bond donors (Lipinski definition) is 12. The second-order valence-corrected chi connectivity index (χ2v) is 11.9. The Balaban J connectivity index is 1.51. The number of phenols is 10. The van der Waals surface area contributed by atoms with E-state index >= 15 is 0 Å². The highest BCUT2D eigenvalue weighted by Crippen LogP contribution is 2.41. The van der Waals surface area contributed by atoms with Gasteiger partial charge in [-0.1, -0.05) is 0 Å². The number of hydrogen-bond acceptors (Lipinski definition) is 20. The van der Waals surface area contributed by atoms with Crippen molar-refractivity contribution in [3.05, 3.63) is 75.9 Å². The van der Waals surface area contributed by atoms with Crippen LogP contribution in [0.5, 0.6) is 63.2 Å². The molecule has 2 heterocycles. The Morgan fingerprint density at radius 3 is 1.73 bits per heavy atom. The molecule has 0 aliphatic carbocycles. The zero-order valence-electron chi connectivity index (χ0n) is 27.4. The lowest BCUT2D eigenvalue weighted by Crippen LogP contribution is -2.62. The molecular weight excluding hydrogens is 740 g/mol. The number of ether oxygens (including phenoxy) is 4. The van der Waals surface area contributed by atoms with Crippen LogP contribution in [0.15, 0.2) is 63.8 Å². The van der Waals surface area contributed by atoms with Gasteiger partial charge in [-0.15, -0.1) is 0 Å². The molecular formula is C35H28O20. The number of fused-ring (bicyclic) bond motifs is 1. The quantitative estimate of drug-likeness (QED) is 0.0784. The Bertz CT molecular complexity index is 2360. The maximum absolute atomic E-state index is 14.1. The SMILES string of the molecule is O=C(OC1C(Oc2c(-c3ccc(O)c(O)c3)oc3cc(O)cc(O)c3c2=O)OC(CO)C(O)C1OC(=O)c1cc(O)c(O)c(O)c1)c1cc(O)c(O)c(O)c1. The fourth-order valence-electron chi connectivity index (χ4n) is 5.57. The molecule has 1 saturated heterocycles. The summed E-state index contributed by atoms with van der Waals surface area (Å²) in [6.07, 6.45) is -10.5. The molecule has 20 heteroatoms. The number of carbonyl (C=O) groups excluding carboxylic acids is 2. The molecule has 0 spiro atoms. The summed E-state index contributed by atoms with van der Waals surface area (Å²) in [5.74, 6) is -13.0. The highest BCUT2D eigenvalue weighted by Gasteiger charge is 2.52. The van der Waals surface area contributed by atoms with Crippen molar-refractivity contribution >= 4 is 22.9 Å². The average Bonchev–Trinajstić information content (AvgIpc) is 3.13. The minimum Gasteiger partial charge on any atom is -0.508 e. The molecule has 1 fully saturated rings. The third-order valence-corrected chi connectivity index (χ3v) is 8.28. The molecule has 0 radical (unpaired) electrons. The summed E-state index contributed by atoms with van der Waals surface area (Å²) in [5, 5.41) is 121. The summed E-state index contributed by atoms with van der Waals surface area (Å²) in [7, 11) is 0. The van der Waals surface area contributed by atoms with Crippen LogP contribution < -0.4 is 10.2 Å². The lowest BCUT2D eigenvalue weighted by atomic mass is 9.98. The molecule has 0 bridgehead atoms. The summed E-state index contributed by atoms with van der Waals surface area (Å²) >= 11 is 0. The molecule has 1 aliphatic rings. The zero-order chi connectivity index (χ0) is 40.0. The number of phenolic OH excluding ortho intramolecular Hbond substituents is 10. The van der Waals surface area contributed by atoms with E-state index < -0.39 is 146 Å². The number of esters is 2. The van der Waals surface area contributed by atoms with Crippen LogP contribution in [-0.2, 0) is 14.2 Å². The van der Waals surface area contributed by atoms with Gasteiger partial charge >= 0.3 is 11.9 Å². The molecule has 12 N–H and O–H groups in total. The summed E-state index contributed by atoms with van der Waals surface area (Å²) < 4.78 is 28.3. The lowest BCUT2D eigenvalue weighted by molar-refractivity contribution is -0.276. The lowest BCUT2D eigenvalue weighted by Gasteiger charge is -2.42. The van der Waals surface area contributed by atoms with Gasteiger partial charge in [-0.25, -0.2) is 9.59 Å². The van der Waals surface area contributed by atoms with E-state index in [0.717, 1.165) is 30.3 Å². The number of aliphatic hydroxyl groups excluding tert-OH is 2. The van der Waals surface area contributed by atoms with Crippen molar-refractivity contribution in [3.63, 3.8) is 0 Å². The topological polar surface area (TPSA) is 344 Å². The molecule has 5 unspecified atom stereocenters. The van der Waals surface area contributed by atoms with Crippen molar-refractivity contribution in [3.8, 4) is 74.6 Å². The van der Waals surface area contributed by atoms with Crippen LogP contribution in [-0.4, -0.2) is 111 Å². The summed E-state index contributed by atoms with van der Waals surface area (Å²) in [6.45, 7) is -1.05. The van der Waals surface area contributed by atoms with Gasteiger partial charge in [0.2, 0.25) is 23.6 Å². The van der Waals surface area contributed by atoms with Crippen LogP contribution >= 0.6 is 0 Å². The van der Waals surface area contributed by atoms with Crippen molar-refractivity contribution in [1.82, 2.24) is 0 Å². The van der Waals surface area contributed by atoms with Crippen LogP contribution in [0.25, 0.3) is 22.3 Å². The van der Waals surface area contributed by atoms with Gasteiger partial charge in [0, 0.05) is 17.7 Å². The van der Waals surface area contributed by atoms with E-state index in [0.29, 0.717) is 24.3 Å². The normalized spacial score (nSPS) is 19.5. The highest BCUT2D eigenvalue weighted by molar-refractivity contribution is 5.92. The largest absolute Gasteiger partial charge is 0.508 e. The van der Waals surface area contributed by atoms with E-state index in [1.807, 2.05) is 0 Å². The Kier molecular flexibility index (Phi) is 9.72. The van der Waals surface area contributed by atoms with Gasteiger partial charge in [-0.2, -0.15) is 0 Å². The Labute approximate surface area is 304 Å². The predicted octanol–water partition coefficient (Wildman–Crippen LogP) is 1.42. The molecule has 55 heavy (non-hydrogen) atoms. The van der Waals surface area contributed by atoms with Crippen LogP contribution in [0.2, 0.25) is 0 Å². The van der Waals surface area contributed by atoms with E-state index in [-0.39, 0.29) is 5.56 Å². The fraction of sp³-hybridized carbons (Fsp3) is 0.171. The Morgan fingerprint density at radius 1 is 0.655 bits per heavy atom. The minimum absolute atomic E-state index is 0.180. The summed E-state index contributed by atoms with van der Waals surface area (Å²) in [4.78, 5) is 40.9. The summed E-state index contributed by atoms with van der Waals surface area (Å²) in [6, 6.07) is 7.41. The minimum atomic E-state index is -2.23. The zero-order valence-corrected chi connectivity index (χ0v) is 27.4. The second kappa shape index (κ2) is 14.3. The van der Waals surface area contributed by atoms with Crippen molar-refractivity contribution < 1.29 is 94.2 Å². The van der Waals surface area contributed by atoms with E-state index in [4.69, 9.17) is 23.4 Å². The molecule has 0 amide bonds. The first-order valence-corrected chi connectivity index (χ1v) is 15.6. The Hall–Kier alpha value is -7.29. The van der Waals surface area contributed by atoms with Crippen LogP contribution in [0.4, 0.5) is 0 Å². The van der Waals surface area contributed by atoms with Gasteiger partial charge in [0.05, 0.1) is 17.7 Å². The summed E-state index contributed by atoms with van der Waals surface area (Å²) in [5.41, 5.74) is -3.09. The smallest absolute Gasteiger partial charge is 0.339 e. The van der Waals surface area contributed by atoms with Crippen LogP contribution in [0.1, 0.15) is 20.7 Å². The molecule has 0 saturated carbocycles. The van der Waals surface area contributed by atoms with Gasteiger partial charge in [0.1, 0.15) is 34.7 Å². The van der Waals surface area contributed by atoms with E-state index in [9.17, 15) is 75.7 Å². The van der Waals surface area contributed by atoms with Crippen molar-refractivity contribution in [2.75, 3.05) is 6.61 Å². The van der Waals surface area contributed by atoms with Gasteiger partial charge in [0.15, 0.2) is 57.9 Å². The van der Waals surface area contributed by atoms with E-state index in [1.165, 1.54) is 0 Å². The number of benzene rings is 4. The van der Waals surface area contributed by atoms with Gasteiger partial charge in [-0.3, -0.25) is 4.79 Å². The molecule has 1 aliphatic heterocycles. The second-order valence-electron chi connectivity index (χ2n) is 11.9. The number of aliphatic hydroxyl groups is 2. The third-order valence-electron chi connectivity index (χ3n) is 8.28. The van der Waals surface area contributed by atoms with E-state index in [1.54, 1.807) is 0 Å². The molecule has 4 aromatic carbocycles. The first-order chi connectivity index (χ1) is 26.0. The van der Waals surface area contributed by atoms with Gasteiger partial charge < -0.3 is 84.6 Å². The maximum atomic E-state index is 14.1. The van der Waals surface area contributed by atoms with E-state index in [2.05, 4.69) is 0 Å². The average molecular weight is 769 g/mol. The molecule has 5 aromatic rings. The van der Waals surface area contributed by atoms with Gasteiger partial charge in [-0.05, 0) is 42.5 Å². The molecule has 6 rings (SSSR count). The molecule has 288 valence electrons. The van der Waals surface area contributed by atoms with Crippen molar-refractivity contribution in [2.45, 2.75) is 30.7 Å². The highest BCUT2D eigenvalue weighted by atomic mass is 16.7. The van der Waals surface area contributed by atoms with Crippen molar-refractivity contribution in [2.24, 2.45) is 0 Å². The van der Waals surface area contributed by atoms with Crippen LogP contribution in [0, 0.1) is 0 Å². The predicted molar refractivity (Wildman–Crippen MR) is 178 cm³/mol. The first kappa shape index (κ1) is 37.5. The number of rotatable bonds is 8. The third kappa shape index (κ3) is 6.97. The monoisotopic (exact) mass is 768 g/mol. The van der Waals surface area contributed by atoms with Crippen LogP contribution in [0.3, 0.4) is 0 Å². The number of carbonyl (C=O) groups is 2. The number of aromatic hydroxyl groups is 10. The molecule has 20 nitrogen and oxygen atoms in total. The van der Waals surface area contributed by atoms with Crippen molar-refractivity contribution in [1.29, 1.82) is 0 Å². The molecule has 5 atom stereocenters. The fourth-order valence-corrected chi connectivity index (χ4v) is 5.57. The maximum Gasteiger partial charge on any atom is 0.339 e. The van der Waals surface area contributed by atoms with Gasteiger partial charge in [0.25, 0.3) is 0 Å².